The predicted molar refractivity (Wildman–Crippen MR) is 135 cm³/mol. The Morgan fingerprint density at radius 2 is 1.26 bits per heavy atom. The maximum atomic E-state index is 2.21. The van der Waals surface area contributed by atoms with E-state index in [2.05, 4.69) is 114 Å². The molecule has 0 nitrogen and oxygen atoms in total. The summed E-state index contributed by atoms with van der Waals surface area (Å²) in [6.07, 6.45) is 1.40. The van der Waals surface area contributed by atoms with E-state index in [1.807, 2.05) is 0 Å². The SMILES string of the molecule is C1CSC(C(SCSSCC2CS2)SCSSCC2CS2)SC1. The lowest BCUT2D eigenvalue weighted by Gasteiger charge is -2.28. The second-order valence-electron chi connectivity index (χ2n) is 5.12. The third-order valence-electron chi connectivity index (χ3n) is 3.12. The monoisotopic (exact) mass is 498 g/mol. The van der Waals surface area contributed by atoms with Crippen LogP contribution in [0.1, 0.15) is 6.42 Å². The van der Waals surface area contributed by atoms with Crippen LogP contribution < -0.4 is 0 Å². The Kier molecular flexibility index (Phi) is 11.9. The van der Waals surface area contributed by atoms with Gasteiger partial charge in [0.2, 0.25) is 0 Å². The molecule has 3 aliphatic heterocycles. The normalized spacial score (nSPS) is 28.7. The molecule has 3 fully saturated rings. The van der Waals surface area contributed by atoms with Gasteiger partial charge in [0.15, 0.2) is 0 Å². The van der Waals surface area contributed by atoms with Crippen molar-refractivity contribution in [1.82, 2.24) is 0 Å². The highest BCUT2D eigenvalue weighted by atomic mass is 33.1. The summed E-state index contributed by atoms with van der Waals surface area (Å²) in [4.78, 5) is 0. The Morgan fingerprint density at radius 1 is 0.739 bits per heavy atom. The maximum Gasteiger partial charge on any atom is 0.0729 e. The van der Waals surface area contributed by atoms with E-state index in [4.69, 9.17) is 0 Å². The fourth-order valence-electron chi connectivity index (χ4n) is 1.70. The summed E-state index contributed by atoms with van der Waals surface area (Å²) in [6, 6.07) is 0. The first kappa shape index (κ1) is 21.2. The van der Waals surface area contributed by atoms with Gasteiger partial charge in [-0.1, -0.05) is 43.2 Å². The Labute approximate surface area is 182 Å². The summed E-state index contributed by atoms with van der Waals surface area (Å²) in [5.41, 5.74) is 0. The minimum atomic E-state index is 0.775. The molecule has 2 atom stereocenters. The van der Waals surface area contributed by atoms with Crippen LogP contribution >= 0.6 is 114 Å². The first-order chi connectivity index (χ1) is 11.4. The van der Waals surface area contributed by atoms with Crippen molar-refractivity contribution < 1.29 is 0 Å². The maximum absolute atomic E-state index is 2.21. The van der Waals surface area contributed by atoms with Crippen molar-refractivity contribution in [2.75, 3.05) is 44.7 Å². The van der Waals surface area contributed by atoms with Crippen molar-refractivity contribution >= 4 is 114 Å². The van der Waals surface area contributed by atoms with Crippen molar-refractivity contribution in [2.45, 2.75) is 26.1 Å². The molecule has 0 aromatic heterocycles. The molecule has 10 heteroatoms. The molecule has 0 bridgehead atoms. The Morgan fingerprint density at radius 3 is 1.74 bits per heavy atom. The van der Waals surface area contributed by atoms with Gasteiger partial charge in [0.25, 0.3) is 0 Å². The predicted octanol–water partition coefficient (Wildman–Crippen LogP) is 6.88. The van der Waals surface area contributed by atoms with E-state index in [-0.39, 0.29) is 0 Å². The summed E-state index contributed by atoms with van der Waals surface area (Å²) < 4.78 is 1.59. The molecule has 0 aromatic carbocycles. The molecule has 2 unspecified atom stereocenters. The van der Waals surface area contributed by atoms with Crippen LogP contribution in [-0.4, -0.2) is 64.4 Å². The van der Waals surface area contributed by atoms with E-state index in [0.29, 0.717) is 0 Å². The lowest BCUT2D eigenvalue weighted by atomic mass is 10.6. The van der Waals surface area contributed by atoms with Crippen LogP contribution in [0.5, 0.6) is 0 Å². The van der Waals surface area contributed by atoms with Crippen LogP contribution in [0.4, 0.5) is 0 Å². The largest absolute Gasteiger partial charge is 0.156 e. The molecule has 0 aliphatic carbocycles. The summed E-state index contributed by atoms with van der Waals surface area (Å²) in [6.45, 7) is 0. The summed E-state index contributed by atoms with van der Waals surface area (Å²) in [5.74, 6) is 8.26. The molecule has 3 saturated heterocycles. The van der Waals surface area contributed by atoms with Crippen molar-refractivity contribution in [2.24, 2.45) is 0 Å². The van der Waals surface area contributed by atoms with Gasteiger partial charge < -0.3 is 0 Å². The standard InChI is InChI=1S/C13H22S10/c1-2-14-12(15-3-1)13(18-8-22-20-6-10-4-16-10)19-9-23-21-7-11-5-17-11/h10-13H,1-9H2. The third kappa shape index (κ3) is 10.0. The van der Waals surface area contributed by atoms with Gasteiger partial charge in [-0.15, -0.1) is 47.0 Å². The average Bonchev–Trinajstić information content (AvgIpc) is 3.47. The number of thioether (sulfide) groups is 6. The summed E-state index contributed by atoms with van der Waals surface area (Å²) in [5, 5.41) is 4.47. The molecule has 0 N–H and O–H groups in total. The lowest BCUT2D eigenvalue weighted by Crippen LogP contribution is -2.18. The lowest BCUT2D eigenvalue weighted by molar-refractivity contribution is 1.09. The molecule has 3 aliphatic rings. The minimum absolute atomic E-state index is 0.775. The molecule has 23 heavy (non-hydrogen) atoms. The van der Waals surface area contributed by atoms with E-state index in [1.165, 1.54) is 51.1 Å². The van der Waals surface area contributed by atoms with Crippen molar-refractivity contribution in [3.8, 4) is 0 Å². The molecule has 0 spiro atoms. The highest BCUT2D eigenvalue weighted by molar-refractivity contribution is 8.79. The molecule has 0 radical (unpaired) electrons. The molecular formula is C13H22S10. The van der Waals surface area contributed by atoms with Crippen molar-refractivity contribution in [3.05, 3.63) is 0 Å². The quantitative estimate of drug-likeness (QED) is 0.113. The highest BCUT2D eigenvalue weighted by Crippen LogP contribution is 2.47. The fraction of sp³-hybridized carbons (Fsp3) is 1.00. The van der Waals surface area contributed by atoms with Gasteiger partial charge in [-0.2, -0.15) is 23.5 Å². The van der Waals surface area contributed by atoms with Gasteiger partial charge >= 0.3 is 0 Å². The summed E-state index contributed by atoms with van der Waals surface area (Å²) >= 11 is 13.1. The molecule has 3 heterocycles. The van der Waals surface area contributed by atoms with E-state index in [0.717, 1.165) is 19.7 Å². The van der Waals surface area contributed by atoms with Crippen molar-refractivity contribution in [1.29, 1.82) is 0 Å². The van der Waals surface area contributed by atoms with E-state index in [9.17, 15) is 0 Å². The third-order valence-corrected chi connectivity index (χ3v) is 18.1. The van der Waals surface area contributed by atoms with E-state index in [1.54, 1.807) is 0 Å². The van der Waals surface area contributed by atoms with Crippen LogP contribution in [0.15, 0.2) is 0 Å². The van der Waals surface area contributed by atoms with Crippen molar-refractivity contribution in [3.63, 3.8) is 0 Å². The van der Waals surface area contributed by atoms with Crippen LogP contribution in [0.25, 0.3) is 0 Å². The van der Waals surface area contributed by atoms with Gasteiger partial charge in [0.1, 0.15) is 0 Å². The number of hydrogen-bond donors (Lipinski definition) is 0. The zero-order valence-electron chi connectivity index (χ0n) is 12.8. The molecule has 0 amide bonds. The van der Waals surface area contributed by atoms with Crippen LogP contribution in [0.2, 0.25) is 0 Å². The average molecular weight is 499 g/mol. The smallest absolute Gasteiger partial charge is 0.0729 e. The second kappa shape index (κ2) is 12.9. The van der Waals surface area contributed by atoms with Gasteiger partial charge in [-0.3, -0.25) is 0 Å². The molecule has 0 aromatic rings. The summed E-state index contributed by atoms with van der Waals surface area (Å²) in [7, 11) is 8.37. The van der Waals surface area contributed by atoms with Gasteiger partial charge in [-0.25, -0.2) is 0 Å². The van der Waals surface area contributed by atoms with E-state index >= 15 is 0 Å². The fourth-order valence-corrected chi connectivity index (χ4v) is 16.9. The first-order valence-corrected chi connectivity index (χ1v) is 18.9. The van der Waals surface area contributed by atoms with Crippen LogP contribution in [0.3, 0.4) is 0 Å². The van der Waals surface area contributed by atoms with Gasteiger partial charge in [-0.05, 0) is 17.9 Å². The first-order valence-electron chi connectivity index (χ1n) is 7.60. The van der Waals surface area contributed by atoms with Gasteiger partial charge in [0.05, 0.1) is 19.3 Å². The Balaban J connectivity index is 1.28. The number of rotatable bonds is 13. The molecule has 0 saturated carbocycles. The molecule has 3 rings (SSSR count). The molecular weight excluding hydrogens is 477 g/mol. The Hall–Kier alpha value is 3.50. The second-order valence-corrected chi connectivity index (χ2v) is 18.9. The zero-order chi connectivity index (χ0) is 15.7. The Bertz CT molecular complexity index is 294. The van der Waals surface area contributed by atoms with Gasteiger partial charge in [0, 0.05) is 33.5 Å². The van der Waals surface area contributed by atoms with Crippen LogP contribution in [-0.2, 0) is 0 Å². The molecule has 134 valence electrons. The van der Waals surface area contributed by atoms with E-state index < -0.39 is 0 Å². The minimum Gasteiger partial charge on any atom is -0.156 e. The number of hydrogen-bond acceptors (Lipinski definition) is 10. The highest BCUT2D eigenvalue weighted by Gasteiger charge is 2.27. The topological polar surface area (TPSA) is 0 Å². The van der Waals surface area contributed by atoms with Crippen LogP contribution in [0, 0.1) is 0 Å². The zero-order valence-corrected chi connectivity index (χ0v) is 20.9.